The monoisotopic (exact) mass is 248 g/mol. The molecule has 1 saturated carbocycles. The van der Waals surface area contributed by atoms with Gasteiger partial charge < -0.3 is 9.84 Å². The lowest BCUT2D eigenvalue weighted by Crippen LogP contribution is -2.28. The number of hydrogen-bond acceptors (Lipinski definition) is 2. The molecule has 1 N–H and O–H groups in total. The van der Waals surface area contributed by atoms with E-state index in [1.807, 2.05) is 12.1 Å². The van der Waals surface area contributed by atoms with Crippen LogP contribution >= 0.6 is 0 Å². The Morgan fingerprint density at radius 1 is 1.11 bits per heavy atom. The average Bonchev–Trinajstić information content (AvgIpc) is 2.36. The number of aryl methyl sites for hydroxylation is 2. The lowest BCUT2D eigenvalue weighted by atomic mass is 9.85. The Kier molecular flexibility index (Phi) is 4.65. The Bertz CT molecular complexity index is 360. The highest BCUT2D eigenvalue weighted by Crippen LogP contribution is 2.27. The van der Waals surface area contributed by atoms with Crippen LogP contribution in [0.2, 0.25) is 0 Å². The highest BCUT2D eigenvalue weighted by atomic mass is 16.5. The van der Waals surface area contributed by atoms with E-state index in [9.17, 15) is 5.11 Å². The second kappa shape index (κ2) is 6.24. The first-order valence-corrected chi connectivity index (χ1v) is 7.04. The van der Waals surface area contributed by atoms with Gasteiger partial charge in [-0.1, -0.05) is 25.3 Å². The largest absolute Gasteiger partial charge is 0.491 e. The summed E-state index contributed by atoms with van der Waals surface area (Å²) in [5, 5.41) is 10.1. The molecule has 0 amide bonds. The first-order chi connectivity index (χ1) is 8.65. The molecule has 2 nitrogen and oxygen atoms in total. The summed E-state index contributed by atoms with van der Waals surface area (Å²) in [6.07, 6.45) is 5.82. The second-order valence-electron chi connectivity index (χ2n) is 5.60. The van der Waals surface area contributed by atoms with Gasteiger partial charge in [-0.05, 0) is 55.9 Å². The summed E-state index contributed by atoms with van der Waals surface area (Å²) in [5.74, 6) is 1.31. The summed E-state index contributed by atoms with van der Waals surface area (Å²) >= 11 is 0. The van der Waals surface area contributed by atoms with E-state index in [0.717, 1.165) is 18.6 Å². The van der Waals surface area contributed by atoms with Gasteiger partial charge in [0.05, 0.1) is 6.10 Å². The standard InChI is InChI=1S/C16H24O2/c1-12-8-13(2)10-15(9-12)18-11-16(17)14-6-4-3-5-7-14/h8-10,14,16-17H,3-7,11H2,1-2H3. The molecule has 1 aromatic rings. The molecule has 2 heteroatoms. The number of aliphatic hydroxyl groups is 1. The van der Waals surface area contributed by atoms with Crippen molar-refractivity contribution in [2.45, 2.75) is 52.1 Å². The van der Waals surface area contributed by atoms with Gasteiger partial charge in [-0.25, -0.2) is 0 Å². The normalized spacial score (nSPS) is 18.6. The van der Waals surface area contributed by atoms with Gasteiger partial charge >= 0.3 is 0 Å². The van der Waals surface area contributed by atoms with E-state index in [0.29, 0.717) is 12.5 Å². The number of rotatable bonds is 4. The minimum atomic E-state index is -0.314. The third-order valence-electron chi connectivity index (χ3n) is 3.81. The molecule has 1 fully saturated rings. The maximum atomic E-state index is 10.1. The van der Waals surface area contributed by atoms with Crippen molar-refractivity contribution in [2.75, 3.05) is 6.61 Å². The van der Waals surface area contributed by atoms with Gasteiger partial charge in [0.25, 0.3) is 0 Å². The van der Waals surface area contributed by atoms with E-state index in [1.54, 1.807) is 0 Å². The van der Waals surface area contributed by atoms with Crippen LogP contribution in [0.3, 0.4) is 0 Å². The highest BCUT2D eigenvalue weighted by molar-refractivity contribution is 5.32. The lowest BCUT2D eigenvalue weighted by molar-refractivity contribution is 0.0413. The summed E-state index contributed by atoms with van der Waals surface area (Å²) in [6.45, 7) is 4.56. The van der Waals surface area contributed by atoms with Crippen LogP contribution in [0.1, 0.15) is 43.2 Å². The molecule has 0 spiro atoms. The zero-order valence-corrected chi connectivity index (χ0v) is 11.5. The third kappa shape index (κ3) is 3.74. The predicted octanol–water partition coefficient (Wildman–Crippen LogP) is 3.62. The van der Waals surface area contributed by atoms with E-state index in [4.69, 9.17) is 4.74 Å². The molecular weight excluding hydrogens is 224 g/mol. The van der Waals surface area contributed by atoms with Crippen LogP contribution < -0.4 is 4.74 Å². The molecule has 1 atom stereocenters. The van der Waals surface area contributed by atoms with Crippen molar-refractivity contribution in [1.29, 1.82) is 0 Å². The van der Waals surface area contributed by atoms with Crippen molar-refractivity contribution in [3.8, 4) is 5.75 Å². The van der Waals surface area contributed by atoms with Crippen LogP contribution in [0, 0.1) is 19.8 Å². The zero-order valence-electron chi connectivity index (χ0n) is 11.5. The van der Waals surface area contributed by atoms with E-state index >= 15 is 0 Å². The Balaban J connectivity index is 1.86. The maximum absolute atomic E-state index is 10.1. The Morgan fingerprint density at radius 2 is 1.72 bits per heavy atom. The molecule has 1 unspecified atom stereocenters. The van der Waals surface area contributed by atoms with Crippen molar-refractivity contribution >= 4 is 0 Å². The first-order valence-electron chi connectivity index (χ1n) is 7.04. The van der Waals surface area contributed by atoms with Crippen LogP contribution in [-0.4, -0.2) is 17.8 Å². The summed E-state index contributed by atoms with van der Waals surface area (Å²) in [6, 6.07) is 6.19. The Morgan fingerprint density at radius 3 is 2.33 bits per heavy atom. The quantitative estimate of drug-likeness (QED) is 0.881. The van der Waals surface area contributed by atoms with Gasteiger partial charge in [-0.3, -0.25) is 0 Å². The van der Waals surface area contributed by atoms with Gasteiger partial charge in [0.1, 0.15) is 12.4 Å². The summed E-state index contributed by atoms with van der Waals surface area (Å²) in [4.78, 5) is 0. The lowest BCUT2D eigenvalue weighted by Gasteiger charge is -2.26. The molecule has 1 aliphatic rings. The van der Waals surface area contributed by atoms with Gasteiger partial charge in [-0.15, -0.1) is 0 Å². The molecule has 0 bridgehead atoms. The Labute approximate surface area is 110 Å². The van der Waals surface area contributed by atoms with E-state index in [-0.39, 0.29) is 6.10 Å². The minimum Gasteiger partial charge on any atom is -0.491 e. The molecule has 0 radical (unpaired) electrons. The predicted molar refractivity (Wildman–Crippen MR) is 74.0 cm³/mol. The molecule has 100 valence electrons. The Hall–Kier alpha value is -1.02. The highest BCUT2D eigenvalue weighted by Gasteiger charge is 2.22. The molecule has 1 aromatic carbocycles. The zero-order chi connectivity index (χ0) is 13.0. The van der Waals surface area contributed by atoms with E-state index in [1.165, 1.54) is 30.4 Å². The fraction of sp³-hybridized carbons (Fsp3) is 0.625. The maximum Gasteiger partial charge on any atom is 0.119 e. The fourth-order valence-corrected chi connectivity index (χ4v) is 2.85. The van der Waals surface area contributed by atoms with Gasteiger partial charge in [0.15, 0.2) is 0 Å². The molecule has 0 heterocycles. The molecule has 18 heavy (non-hydrogen) atoms. The number of aliphatic hydroxyl groups excluding tert-OH is 1. The molecular formula is C16H24O2. The number of ether oxygens (including phenoxy) is 1. The smallest absolute Gasteiger partial charge is 0.119 e. The van der Waals surface area contributed by atoms with Crippen molar-refractivity contribution < 1.29 is 9.84 Å². The number of hydrogen-bond donors (Lipinski definition) is 1. The van der Waals surface area contributed by atoms with Crippen molar-refractivity contribution in [3.05, 3.63) is 29.3 Å². The van der Waals surface area contributed by atoms with Crippen LogP contribution in [-0.2, 0) is 0 Å². The third-order valence-corrected chi connectivity index (χ3v) is 3.81. The molecule has 0 aliphatic heterocycles. The van der Waals surface area contributed by atoms with Crippen molar-refractivity contribution in [3.63, 3.8) is 0 Å². The molecule has 0 saturated heterocycles. The van der Waals surface area contributed by atoms with Crippen LogP contribution in [0.4, 0.5) is 0 Å². The van der Waals surface area contributed by atoms with Crippen LogP contribution in [0.25, 0.3) is 0 Å². The minimum absolute atomic E-state index is 0.314. The van der Waals surface area contributed by atoms with Crippen molar-refractivity contribution in [1.82, 2.24) is 0 Å². The van der Waals surface area contributed by atoms with Crippen molar-refractivity contribution in [2.24, 2.45) is 5.92 Å². The van der Waals surface area contributed by atoms with Crippen LogP contribution in [0.5, 0.6) is 5.75 Å². The van der Waals surface area contributed by atoms with Gasteiger partial charge in [-0.2, -0.15) is 0 Å². The first kappa shape index (κ1) is 13.4. The second-order valence-corrected chi connectivity index (χ2v) is 5.60. The molecule has 1 aliphatic carbocycles. The molecule has 0 aromatic heterocycles. The topological polar surface area (TPSA) is 29.5 Å². The number of benzene rings is 1. The SMILES string of the molecule is Cc1cc(C)cc(OCC(O)C2CCCCC2)c1. The van der Waals surface area contributed by atoms with Gasteiger partial charge in [0, 0.05) is 0 Å². The fourth-order valence-electron chi connectivity index (χ4n) is 2.85. The summed E-state index contributed by atoms with van der Waals surface area (Å²) < 4.78 is 5.73. The van der Waals surface area contributed by atoms with Crippen LogP contribution in [0.15, 0.2) is 18.2 Å². The average molecular weight is 248 g/mol. The summed E-state index contributed by atoms with van der Waals surface area (Å²) in [5.41, 5.74) is 2.41. The van der Waals surface area contributed by atoms with E-state index in [2.05, 4.69) is 19.9 Å². The summed E-state index contributed by atoms with van der Waals surface area (Å²) in [7, 11) is 0. The molecule has 2 rings (SSSR count). The van der Waals surface area contributed by atoms with Gasteiger partial charge in [0.2, 0.25) is 0 Å². The van der Waals surface area contributed by atoms with E-state index < -0.39 is 0 Å².